The monoisotopic (exact) mass is 252 g/mol. The molecule has 0 saturated heterocycles. The number of hydrogen-bond donors (Lipinski definition) is 2. The van der Waals surface area contributed by atoms with Crippen LogP contribution in [-0.4, -0.2) is 42.2 Å². The number of carboxylic acid groups (broad SMARTS) is 1. The molecular formula is C12H16N2O4. The first-order chi connectivity index (χ1) is 8.58. The van der Waals surface area contributed by atoms with Gasteiger partial charge in [0, 0.05) is 6.54 Å². The van der Waals surface area contributed by atoms with Gasteiger partial charge in [-0.15, -0.1) is 0 Å². The minimum absolute atomic E-state index is 0.313. The second-order valence-electron chi connectivity index (χ2n) is 3.54. The molecule has 0 aliphatic heterocycles. The molecule has 1 aromatic rings. The van der Waals surface area contributed by atoms with Gasteiger partial charge in [0.05, 0.1) is 12.8 Å². The zero-order chi connectivity index (χ0) is 13.5. The summed E-state index contributed by atoms with van der Waals surface area (Å²) in [4.78, 5) is 23.6. The first-order valence-electron chi connectivity index (χ1n) is 5.49. The van der Waals surface area contributed by atoms with Gasteiger partial charge in [-0.1, -0.05) is 12.1 Å². The number of anilines is 1. The molecule has 0 aromatic heterocycles. The van der Waals surface area contributed by atoms with Crippen LogP contribution in [0.2, 0.25) is 0 Å². The molecular weight excluding hydrogens is 236 g/mol. The molecule has 18 heavy (non-hydrogen) atoms. The first kappa shape index (κ1) is 13.8. The van der Waals surface area contributed by atoms with E-state index in [4.69, 9.17) is 9.84 Å². The van der Waals surface area contributed by atoms with E-state index in [0.717, 1.165) is 0 Å². The summed E-state index contributed by atoms with van der Waals surface area (Å²) in [6, 6.07) is 6.47. The Morgan fingerprint density at radius 2 is 2.06 bits per heavy atom. The van der Waals surface area contributed by atoms with Gasteiger partial charge in [0.2, 0.25) is 0 Å². The molecule has 0 aliphatic carbocycles. The van der Waals surface area contributed by atoms with E-state index in [1.807, 2.05) is 0 Å². The highest BCUT2D eigenvalue weighted by Crippen LogP contribution is 2.23. The Hall–Kier alpha value is -2.24. The first-order valence-corrected chi connectivity index (χ1v) is 5.49. The molecule has 6 nitrogen and oxygen atoms in total. The van der Waals surface area contributed by atoms with E-state index in [0.29, 0.717) is 18.0 Å². The fraction of sp³-hybridized carbons (Fsp3) is 0.333. The number of aliphatic carboxylic acids is 1. The van der Waals surface area contributed by atoms with Crippen molar-refractivity contribution >= 4 is 17.7 Å². The zero-order valence-electron chi connectivity index (χ0n) is 10.3. The molecule has 6 heteroatoms. The number of carbonyl (C=O) groups is 2. The van der Waals surface area contributed by atoms with Crippen LogP contribution in [0.1, 0.15) is 6.92 Å². The summed E-state index contributed by atoms with van der Waals surface area (Å²) in [6.07, 6.45) is 0. The maximum absolute atomic E-state index is 11.8. The number of hydrogen-bond acceptors (Lipinski definition) is 3. The lowest BCUT2D eigenvalue weighted by molar-refractivity contribution is -0.137. The van der Waals surface area contributed by atoms with Crippen LogP contribution in [0.25, 0.3) is 0 Å². The Morgan fingerprint density at radius 1 is 1.39 bits per heavy atom. The van der Waals surface area contributed by atoms with E-state index >= 15 is 0 Å². The highest BCUT2D eigenvalue weighted by atomic mass is 16.5. The highest BCUT2D eigenvalue weighted by Gasteiger charge is 2.16. The standard InChI is InChI=1S/C12H16N2O4/c1-3-14(8-11(15)16)12(17)13-9-6-4-5-7-10(9)18-2/h4-7H,3,8H2,1-2H3,(H,13,17)(H,15,16). The van der Waals surface area contributed by atoms with Gasteiger partial charge in [0.25, 0.3) is 0 Å². The minimum Gasteiger partial charge on any atom is -0.495 e. The van der Waals surface area contributed by atoms with E-state index in [9.17, 15) is 9.59 Å². The van der Waals surface area contributed by atoms with Crippen molar-refractivity contribution in [3.8, 4) is 5.75 Å². The molecule has 1 rings (SSSR count). The lowest BCUT2D eigenvalue weighted by Crippen LogP contribution is -2.38. The zero-order valence-corrected chi connectivity index (χ0v) is 10.3. The van der Waals surface area contributed by atoms with Crippen LogP contribution in [-0.2, 0) is 4.79 Å². The maximum atomic E-state index is 11.8. The summed E-state index contributed by atoms with van der Waals surface area (Å²) in [5.41, 5.74) is 0.508. The number of rotatable bonds is 5. The topological polar surface area (TPSA) is 78.9 Å². The molecule has 98 valence electrons. The second-order valence-corrected chi connectivity index (χ2v) is 3.54. The van der Waals surface area contributed by atoms with Crippen LogP contribution < -0.4 is 10.1 Å². The van der Waals surface area contributed by atoms with Crippen molar-refractivity contribution in [3.63, 3.8) is 0 Å². The molecule has 0 fully saturated rings. The van der Waals surface area contributed by atoms with Gasteiger partial charge in [-0.25, -0.2) is 4.79 Å². The summed E-state index contributed by atoms with van der Waals surface area (Å²) in [5, 5.41) is 11.3. The van der Waals surface area contributed by atoms with Gasteiger partial charge in [-0.3, -0.25) is 4.79 Å². The molecule has 0 unspecified atom stereocenters. The SMILES string of the molecule is CCN(CC(=O)O)C(=O)Nc1ccccc1OC. The molecule has 2 amide bonds. The predicted octanol–water partition coefficient (Wildman–Crippen LogP) is 1.63. The maximum Gasteiger partial charge on any atom is 0.323 e. The summed E-state index contributed by atoms with van der Waals surface area (Å²) >= 11 is 0. The molecule has 0 atom stereocenters. The number of urea groups is 1. The molecule has 0 radical (unpaired) electrons. The number of carboxylic acids is 1. The number of amides is 2. The molecule has 0 spiro atoms. The summed E-state index contributed by atoms with van der Waals surface area (Å²) in [5.74, 6) is -0.524. The molecule has 0 bridgehead atoms. The Kier molecular flexibility index (Phi) is 4.98. The van der Waals surface area contributed by atoms with Gasteiger partial charge in [0.1, 0.15) is 12.3 Å². The van der Waals surface area contributed by atoms with E-state index in [1.54, 1.807) is 31.2 Å². The third kappa shape index (κ3) is 3.65. The van der Waals surface area contributed by atoms with Crippen molar-refractivity contribution in [1.29, 1.82) is 0 Å². The molecule has 1 aromatic carbocycles. The summed E-state index contributed by atoms with van der Waals surface area (Å²) in [7, 11) is 1.50. The van der Waals surface area contributed by atoms with Crippen LogP contribution in [0, 0.1) is 0 Å². The fourth-order valence-electron chi connectivity index (χ4n) is 1.43. The number of nitrogens with zero attached hydrogens (tertiary/aromatic N) is 1. The summed E-state index contributed by atoms with van der Waals surface area (Å²) < 4.78 is 5.09. The minimum atomic E-state index is -1.05. The Morgan fingerprint density at radius 3 is 2.61 bits per heavy atom. The Labute approximate surface area is 105 Å². The normalized spacial score (nSPS) is 9.67. The molecule has 0 saturated carbocycles. The average Bonchev–Trinajstić information content (AvgIpc) is 2.36. The number of benzene rings is 1. The number of likely N-dealkylation sites (N-methyl/N-ethyl adjacent to an activating group) is 1. The van der Waals surface area contributed by atoms with E-state index in [2.05, 4.69) is 5.32 Å². The second kappa shape index (κ2) is 6.48. The molecule has 2 N–H and O–H groups in total. The van der Waals surface area contributed by atoms with Gasteiger partial charge >= 0.3 is 12.0 Å². The predicted molar refractivity (Wildman–Crippen MR) is 66.9 cm³/mol. The van der Waals surface area contributed by atoms with E-state index in [1.165, 1.54) is 12.0 Å². The van der Waals surface area contributed by atoms with Crippen LogP contribution in [0.3, 0.4) is 0 Å². The van der Waals surface area contributed by atoms with Gasteiger partial charge < -0.3 is 20.1 Å². The molecule has 0 aliphatic rings. The van der Waals surface area contributed by atoms with E-state index < -0.39 is 12.0 Å². The van der Waals surface area contributed by atoms with Crippen molar-refractivity contribution in [3.05, 3.63) is 24.3 Å². The lowest BCUT2D eigenvalue weighted by Gasteiger charge is -2.19. The van der Waals surface area contributed by atoms with Crippen molar-refractivity contribution in [2.45, 2.75) is 6.92 Å². The van der Waals surface area contributed by atoms with Crippen LogP contribution in [0.15, 0.2) is 24.3 Å². The van der Waals surface area contributed by atoms with Crippen LogP contribution in [0.5, 0.6) is 5.75 Å². The van der Waals surface area contributed by atoms with Crippen LogP contribution in [0.4, 0.5) is 10.5 Å². The number of nitrogens with one attached hydrogen (secondary N) is 1. The van der Waals surface area contributed by atoms with Crippen LogP contribution >= 0.6 is 0 Å². The van der Waals surface area contributed by atoms with Crippen molar-refractivity contribution < 1.29 is 19.4 Å². The summed E-state index contributed by atoms with van der Waals surface area (Å²) in [6.45, 7) is 1.69. The smallest absolute Gasteiger partial charge is 0.323 e. The quantitative estimate of drug-likeness (QED) is 0.834. The van der Waals surface area contributed by atoms with Gasteiger partial charge in [0.15, 0.2) is 0 Å². The fourth-order valence-corrected chi connectivity index (χ4v) is 1.43. The van der Waals surface area contributed by atoms with E-state index in [-0.39, 0.29) is 6.54 Å². The highest BCUT2D eigenvalue weighted by molar-refractivity contribution is 5.92. The number of para-hydroxylation sites is 2. The largest absolute Gasteiger partial charge is 0.495 e. The van der Waals surface area contributed by atoms with Crippen molar-refractivity contribution in [2.24, 2.45) is 0 Å². The molecule has 0 heterocycles. The number of carbonyl (C=O) groups excluding carboxylic acids is 1. The lowest BCUT2D eigenvalue weighted by atomic mass is 10.3. The average molecular weight is 252 g/mol. The Balaban J connectivity index is 2.76. The Bertz CT molecular complexity index is 434. The number of ether oxygens (including phenoxy) is 1. The van der Waals surface area contributed by atoms with Gasteiger partial charge in [-0.2, -0.15) is 0 Å². The third-order valence-electron chi connectivity index (χ3n) is 2.34. The van der Waals surface area contributed by atoms with Gasteiger partial charge in [-0.05, 0) is 19.1 Å². The van der Waals surface area contributed by atoms with Crippen molar-refractivity contribution in [1.82, 2.24) is 4.90 Å². The van der Waals surface area contributed by atoms with Crippen molar-refractivity contribution in [2.75, 3.05) is 25.5 Å². The number of methoxy groups -OCH3 is 1. The third-order valence-corrected chi connectivity index (χ3v) is 2.34.